The average molecular weight is 330 g/mol. The molecule has 0 radical (unpaired) electrons. The summed E-state index contributed by atoms with van der Waals surface area (Å²) in [5.74, 6) is 2.31. The van der Waals surface area contributed by atoms with Crippen molar-refractivity contribution < 1.29 is 4.79 Å². The maximum Gasteiger partial charge on any atom is 0.230 e. The lowest BCUT2D eigenvalue weighted by Gasteiger charge is -2.14. The van der Waals surface area contributed by atoms with Crippen LogP contribution >= 0.6 is 27.7 Å². The van der Waals surface area contributed by atoms with Crippen molar-refractivity contribution >= 4 is 33.6 Å². The molecule has 2 nitrogen and oxygen atoms in total. The molecule has 0 aromatic heterocycles. The molecule has 4 heteroatoms. The number of hydrogen-bond acceptors (Lipinski definition) is 2. The fourth-order valence-corrected chi connectivity index (χ4v) is 2.63. The van der Waals surface area contributed by atoms with E-state index in [0.717, 1.165) is 15.8 Å². The zero-order chi connectivity index (χ0) is 13.5. The van der Waals surface area contributed by atoms with E-state index < -0.39 is 0 Å². The number of hydrogen-bond donors (Lipinski definition) is 1. The van der Waals surface area contributed by atoms with E-state index in [1.54, 1.807) is 11.8 Å². The molecule has 0 aliphatic carbocycles. The van der Waals surface area contributed by atoms with E-state index in [9.17, 15) is 4.79 Å². The summed E-state index contributed by atoms with van der Waals surface area (Å²) in [6, 6.07) is 8.09. The molecule has 1 aromatic carbocycles. The van der Waals surface area contributed by atoms with E-state index in [1.165, 1.54) is 0 Å². The van der Waals surface area contributed by atoms with E-state index in [4.69, 9.17) is 0 Å². The van der Waals surface area contributed by atoms with Gasteiger partial charge in [-0.25, -0.2) is 0 Å². The lowest BCUT2D eigenvalue weighted by Crippen LogP contribution is -2.28. The van der Waals surface area contributed by atoms with Crippen LogP contribution in [-0.4, -0.2) is 17.4 Å². The lowest BCUT2D eigenvalue weighted by molar-refractivity contribution is -0.119. The highest BCUT2D eigenvalue weighted by molar-refractivity contribution is 9.10. The van der Waals surface area contributed by atoms with Crippen LogP contribution in [0, 0.1) is 5.92 Å². The number of nitrogens with one attached hydrogen (secondary N) is 1. The summed E-state index contributed by atoms with van der Waals surface area (Å²) in [7, 11) is 0. The Balaban J connectivity index is 2.37. The van der Waals surface area contributed by atoms with Gasteiger partial charge in [0.25, 0.3) is 0 Å². The molecule has 1 aromatic rings. The number of thioether (sulfide) groups is 1. The highest BCUT2D eigenvalue weighted by Crippen LogP contribution is 2.16. The molecule has 0 fully saturated rings. The van der Waals surface area contributed by atoms with Crippen LogP contribution in [-0.2, 0) is 4.79 Å². The minimum absolute atomic E-state index is 0.0604. The van der Waals surface area contributed by atoms with Crippen molar-refractivity contribution in [1.29, 1.82) is 0 Å². The van der Waals surface area contributed by atoms with Gasteiger partial charge in [0.1, 0.15) is 0 Å². The van der Waals surface area contributed by atoms with Crippen molar-refractivity contribution in [3.05, 3.63) is 34.3 Å². The minimum Gasteiger partial charge on any atom is -0.349 e. The zero-order valence-electron chi connectivity index (χ0n) is 11.1. The van der Waals surface area contributed by atoms with Gasteiger partial charge in [-0.3, -0.25) is 4.79 Å². The smallest absolute Gasteiger partial charge is 0.230 e. The minimum atomic E-state index is 0.0604. The Morgan fingerprint density at radius 3 is 2.44 bits per heavy atom. The predicted octanol–water partition coefficient (Wildman–Crippen LogP) is 4.02. The van der Waals surface area contributed by atoms with Crippen molar-refractivity contribution in [2.75, 3.05) is 11.5 Å². The lowest BCUT2D eigenvalue weighted by atomic mass is 10.1. The number of benzene rings is 1. The zero-order valence-corrected chi connectivity index (χ0v) is 13.5. The van der Waals surface area contributed by atoms with Crippen molar-refractivity contribution in [3.63, 3.8) is 0 Å². The van der Waals surface area contributed by atoms with Gasteiger partial charge in [-0.2, -0.15) is 11.8 Å². The third-order valence-corrected chi connectivity index (χ3v) is 4.33. The van der Waals surface area contributed by atoms with Crippen molar-refractivity contribution in [2.45, 2.75) is 26.8 Å². The molecule has 0 saturated carbocycles. The Kier molecular flexibility index (Phi) is 6.79. The highest BCUT2D eigenvalue weighted by atomic mass is 79.9. The number of amides is 1. The Bertz CT molecular complexity index is 378. The molecule has 1 N–H and O–H groups in total. The molecule has 1 amide bonds. The van der Waals surface area contributed by atoms with Gasteiger partial charge in [0, 0.05) is 4.47 Å². The van der Waals surface area contributed by atoms with Gasteiger partial charge in [-0.15, -0.1) is 0 Å². The maximum absolute atomic E-state index is 11.7. The van der Waals surface area contributed by atoms with Gasteiger partial charge >= 0.3 is 0 Å². The highest BCUT2D eigenvalue weighted by Gasteiger charge is 2.09. The summed E-state index contributed by atoms with van der Waals surface area (Å²) in [6.07, 6.45) is 0. The normalized spacial score (nSPS) is 12.5. The number of carbonyl (C=O) groups excluding carboxylic acids is 1. The van der Waals surface area contributed by atoms with Crippen LogP contribution in [0.3, 0.4) is 0 Å². The van der Waals surface area contributed by atoms with E-state index in [2.05, 4.69) is 35.1 Å². The van der Waals surface area contributed by atoms with Crippen LogP contribution in [0.25, 0.3) is 0 Å². The first-order valence-electron chi connectivity index (χ1n) is 6.11. The fourth-order valence-electron chi connectivity index (χ4n) is 1.51. The summed E-state index contributed by atoms with van der Waals surface area (Å²) in [6.45, 7) is 6.33. The number of carbonyl (C=O) groups is 1. The van der Waals surface area contributed by atoms with Gasteiger partial charge in [0.05, 0.1) is 11.8 Å². The Labute approximate surface area is 122 Å². The van der Waals surface area contributed by atoms with Gasteiger partial charge in [-0.05, 0) is 36.3 Å². The van der Waals surface area contributed by atoms with Crippen molar-refractivity contribution in [3.8, 4) is 0 Å². The quantitative estimate of drug-likeness (QED) is 0.854. The topological polar surface area (TPSA) is 29.1 Å². The monoisotopic (exact) mass is 329 g/mol. The molecule has 1 atom stereocenters. The summed E-state index contributed by atoms with van der Waals surface area (Å²) in [5, 5.41) is 3.01. The van der Waals surface area contributed by atoms with Crippen molar-refractivity contribution in [2.24, 2.45) is 5.92 Å². The standard InChI is InChI=1S/C14H20BrNOS/c1-10(2)8-18-9-14(17)16-11(3)12-4-6-13(15)7-5-12/h4-7,10-11H,8-9H2,1-3H3,(H,16,17). The van der Waals surface area contributed by atoms with Crippen LogP contribution < -0.4 is 5.32 Å². The number of halogens is 1. The Hall–Kier alpha value is -0.480. The van der Waals surface area contributed by atoms with Gasteiger partial charge < -0.3 is 5.32 Å². The molecular formula is C14H20BrNOS. The molecule has 1 unspecified atom stereocenters. The second-order valence-corrected chi connectivity index (χ2v) is 6.70. The Morgan fingerprint density at radius 2 is 1.89 bits per heavy atom. The molecule has 0 aliphatic heterocycles. The second-order valence-electron chi connectivity index (χ2n) is 4.75. The van der Waals surface area contributed by atoms with Crippen LogP contribution in [0.5, 0.6) is 0 Å². The van der Waals surface area contributed by atoms with Crippen molar-refractivity contribution in [1.82, 2.24) is 5.32 Å². The molecule has 0 heterocycles. The van der Waals surface area contributed by atoms with E-state index in [1.807, 2.05) is 31.2 Å². The van der Waals surface area contributed by atoms with Gasteiger partial charge in [0.2, 0.25) is 5.91 Å². The summed E-state index contributed by atoms with van der Waals surface area (Å²) < 4.78 is 1.05. The maximum atomic E-state index is 11.7. The Morgan fingerprint density at radius 1 is 1.28 bits per heavy atom. The van der Waals surface area contributed by atoms with E-state index in [0.29, 0.717) is 11.7 Å². The first kappa shape index (κ1) is 15.6. The van der Waals surface area contributed by atoms with Crippen LogP contribution in [0.15, 0.2) is 28.7 Å². The molecular weight excluding hydrogens is 310 g/mol. The van der Waals surface area contributed by atoms with Crippen LogP contribution in [0.1, 0.15) is 32.4 Å². The fraction of sp³-hybridized carbons (Fsp3) is 0.500. The molecule has 0 spiro atoms. The van der Waals surface area contributed by atoms with Crippen LogP contribution in [0.2, 0.25) is 0 Å². The third-order valence-electron chi connectivity index (χ3n) is 2.43. The SMILES string of the molecule is CC(C)CSCC(=O)NC(C)c1ccc(Br)cc1. The molecule has 0 saturated heterocycles. The molecule has 18 heavy (non-hydrogen) atoms. The molecule has 0 aliphatic rings. The average Bonchev–Trinajstić information content (AvgIpc) is 2.29. The summed E-state index contributed by atoms with van der Waals surface area (Å²) in [4.78, 5) is 11.7. The third kappa shape index (κ3) is 5.91. The van der Waals surface area contributed by atoms with Crippen LogP contribution in [0.4, 0.5) is 0 Å². The molecule has 0 bridgehead atoms. The molecule has 100 valence electrons. The van der Waals surface area contributed by atoms with Gasteiger partial charge in [0.15, 0.2) is 0 Å². The van der Waals surface area contributed by atoms with E-state index >= 15 is 0 Å². The largest absolute Gasteiger partial charge is 0.349 e. The van der Waals surface area contributed by atoms with E-state index in [-0.39, 0.29) is 11.9 Å². The first-order chi connectivity index (χ1) is 8.49. The first-order valence-corrected chi connectivity index (χ1v) is 8.06. The predicted molar refractivity (Wildman–Crippen MR) is 82.9 cm³/mol. The summed E-state index contributed by atoms with van der Waals surface area (Å²) >= 11 is 5.09. The molecule has 1 rings (SSSR count). The van der Waals surface area contributed by atoms with Gasteiger partial charge in [-0.1, -0.05) is 41.9 Å². The summed E-state index contributed by atoms with van der Waals surface area (Å²) in [5.41, 5.74) is 1.13. The second kappa shape index (κ2) is 7.85. The number of rotatable bonds is 6.